The topological polar surface area (TPSA) is 40.6 Å². The summed E-state index contributed by atoms with van der Waals surface area (Å²) >= 11 is -0.415. The van der Waals surface area contributed by atoms with E-state index in [1.807, 2.05) is 24.3 Å². The van der Waals surface area contributed by atoms with Crippen molar-refractivity contribution < 1.29 is 17.9 Å². The molecule has 0 atom stereocenters. The summed E-state index contributed by atoms with van der Waals surface area (Å²) in [5, 5.41) is 0. The number of rotatable bonds is 3. The molecule has 0 bridgehead atoms. The number of hydrogen-bond acceptors (Lipinski definition) is 1. The number of hydrogen-bond donors (Lipinski definition) is 0. The summed E-state index contributed by atoms with van der Waals surface area (Å²) in [6.07, 6.45) is 7.00. The SMILES string of the molecule is CC(C)c1cccc(C(C)C)c1[N]=[Mo+2]=[CH]C(C)(C)C.c1cc[n-]c1.c1cc[n-]c1. The van der Waals surface area contributed by atoms with E-state index < -0.39 is 17.9 Å². The maximum absolute atomic E-state index is 5.01. The maximum atomic E-state index is 5.01. The van der Waals surface area contributed by atoms with Crippen molar-refractivity contribution in [3.63, 3.8) is 0 Å². The number of aromatic nitrogens is 2. The van der Waals surface area contributed by atoms with E-state index in [1.165, 1.54) is 16.8 Å². The van der Waals surface area contributed by atoms with Crippen molar-refractivity contribution in [3.8, 4) is 0 Å². The molecule has 4 heteroatoms. The molecule has 0 spiro atoms. The van der Waals surface area contributed by atoms with Crippen molar-refractivity contribution in [2.75, 3.05) is 0 Å². The summed E-state index contributed by atoms with van der Waals surface area (Å²) in [4.78, 5) is 7.44. The second kappa shape index (κ2) is 13.4. The van der Waals surface area contributed by atoms with E-state index in [-0.39, 0.29) is 5.41 Å². The van der Waals surface area contributed by atoms with Gasteiger partial charge in [0, 0.05) is 0 Å². The third kappa shape index (κ3) is 11.0. The summed E-state index contributed by atoms with van der Waals surface area (Å²) in [6, 6.07) is 14.2. The van der Waals surface area contributed by atoms with Crippen molar-refractivity contribution >= 4 is 10.1 Å². The molecule has 3 rings (SSSR count). The second-order valence-electron chi connectivity index (χ2n) is 8.44. The van der Waals surface area contributed by atoms with Crippen molar-refractivity contribution in [3.05, 3.63) is 78.4 Å². The third-order valence-electron chi connectivity index (χ3n) is 3.80. The molecule has 3 aromatic rings. The van der Waals surface area contributed by atoms with Gasteiger partial charge in [0.1, 0.15) is 0 Å². The molecule has 156 valence electrons. The Morgan fingerprint density at radius 2 is 1.17 bits per heavy atom. The van der Waals surface area contributed by atoms with Crippen LogP contribution in [0.25, 0.3) is 0 Å². The minimum atomic E-state index is -0.415. The molecule has 0 N–H and O–H groups in total. The molecule has 0 saturated carbocycles. The van der Waals surface area contributed by atoms with Gasteiger partial charge in [-0.05, 0) is 0 Å². The summed E-state index contributed by atoms with van der Waals surface area (Å²) in [7, 11) is 0. The van der Waals surface area contributed by atoms with Gasteiger partial charge in [-0.3, -0.25) is 0 Å². The third-order valence-corrected chi connectivity index (χ3v) is 6.51. The van der Waals surface area contributed by atoms with Gasteiger partial charge in [0.25, 0.3) is 0 Å². The predicted molar refractivity (Wildman–Crippen MR) is 122 cm³/mol. The Labute approximate surface area is 185 Å². The fourth-order valence-corrected chi connectivity index (χ4v) is 4.04. The van der Waals surface area contributed by atoms with Gasteiger partial charge < -0.3 is 9.97 Å². The quantitative estimate of drug-likeness (QED) is 0.386. The zero-order chi connectivity index (χ0) is 21.7. The van der Waals surface area contributed by atoms with E-state index >= 15 is 0 Å². The summed E-state index contributed by atoms with van der Waals surface area (Å²) < 4.78 is 7.42. The summed E-state index contributed by atoms with van der Waals surface area (Å²) in [6.45, 7) is 15.8. The first-order chi connectivity index (χ1) is 13.7. The molecular formula is C25H35MoN3. The van der Waals surface area contributed by atoms with Crippen LogP contribution in [0.3, 0.4) is 0 Å². The zero-order valence-corrected chi connectivity index (χ0v) is 20.8. The molecular weight excluding hydrogens is 438 g/mol. The maximum Gasteiger partial charge on any atom is -0.0860 e. The van der Waals surface area contributed by atoms with Gasteiger partial charge in [0.05, 0.1) is 0 Å². The van der Waals surface area contributed by atoms with Crippen LogP contribution in [0.15, 0.2) is 70.7 Å². The van der Waals surface area contributed by atoms with Crippen molar-refractivity contribution in [2.45, 2.75) is 60.3 Å². The molecule has 0 unspecified atom stereocenters. The molecule has 0 aliphatic rings. The fraction of sp³-hybridized carbons (Fsp3) is 0.400. The van der Waals surface area contributed by atoms with Crippen LogP contribution in [-0.4, -0.2) is 4.40 Å². The molecule has 2 aromatic heterocycles. The van der Waals surface area contributed by atoms with E-state index in [0.29, 0.717) is 11.8 Å². The molecule has 3 nitrogen and oxygen atoms in total. The monoisotopic (exact) mass is 475 g/mol. The number of benzene rings is 1. The van der Waals surface area contributed by atoms with Crippen LogP contribution in [0, 0.1) is 5.41 Å². The molecule has 0 fully saturated rings. The molecule has 0 aliphatic carbocycles. The first-order valence-electron chi connectivity index (χ1n) is 10.1. The standard InChI is InChI=1S/C12H17N.C5H10.2C4H4N.Mo/c1-8(2)10-6-5-7-11(9(3)4)12(10)13;1-5(2,3)4;2*1-2-4-5-3-1;/h5-9H,1-4H3;1H,2-4H3;2*1-4H;/q;;2*-1;+2. The van der Waals surface area contributed by atoms with Gasteiger partial charge in [-0.2, -0.15) is 24.8 Å². The minimum absolute atomic E-state index is 0.288. The fourth-order valence-electron chi connectivity index (χ4n) is 2.35. The summed E-state index contributed by atoms with van der Waals surface area (Å²) in [5.74, 6) is 1.08. The molecule has 29 heavy (non-hydrogen) atoms. The van der Waals surface area contributed by atoms with Gasteiger partial charge >= 0.3 is 127 Å². The van der Waals surface area contributed by atoms with Crippen LogP contribution in [-0.2, 0) is 17.9 Å². The van der Waals surface area contributed by atoms with Crippen LogP contribution >= 0.6 is 0 Å². The smallest absolute Gasteiger partial charge is 0.0860 e. The van der Waals surface area contributed by atoms with Crippen LogP contribution in [0.1, 0.15) is 71.4 Å². The summed E-state index contributed by atoms with van der Waals surface area (Å²) in [5.41, 5.74) is 4.36. The predicted octanol–water partition coefficient (Wildman–Crippen LogP) is 6.97. The van der Waals surface area contributed by atoms with E-state index in [2.05, 4.69) is 81.0 Å². The Morgan fingerprint density at radius 1 is 0.759 bits per heavy atom. The zero-order valence-electron chi connectivity index (χ0n) is 18.8. The Kier molecular flexibility index (Phi) is 11.6. The minimum Gasteiger partial charge on any atom is -0.670 e. The average Bonchev–Trinajstić information content (AvgIpc) is 3.38. The first-order valence-corrected chi connectivity index (χ1v) is 12.2. The normalized spacial score (nSPS) is 10.4. The largest absolute Gasteiger partial charge is 0.670 e. The van der Waals surface area contributed by atoms with Crippen LogP contribution in [0.2, 0.25) is 0 Å². The first kappa shape index (κ1) is 25.2. The molecule has 2 heterocycles. The van der Waals surface area contributed by atoms with Crippen molar-refractivity contribution in [1.82, 2.24) is 9.97 Å². The van der Waals surface area contributed by atoms with Crippen LogP contribution in [0.4, 0.5) is 5.69 Å². The van der Waals surface area contributed by atoms with Gasteiger partial charge in [-0.1, -0.05) is 24.3 Å². The van der Waals surface area contributed by atoms with E-state index in [9.17, 15) is 0 Å². The molecule has 0 aliphatic heterocycles. The Bertz CT molecular complexity index is 746. The van der Waals surface area contributed by atoms with Crippen molar-refractivity contribution in [2.24, 2.45) is 8.91 Å². The number of nitrogens with zero attached hydrogens (tertiary/aromatic N) is 3. The van der Waals surface area contributed by atoms with E-state index in [0.717, 1.165) is 0 Å². The van der Waals surface area contributed by atoms with Gasteiger partial charge in [0.2, 0.25) is 0 Å². The second-order valence-corrected chi connectivity index (χ2v) is 9.99. The van der Waals surface area contributed by atoms with Crippen LogP contribution < -0.4 is 9.97 Å². The molecule has 0 saturated heterocycles. The van der Waals surface area contributed by atoms with Crippen LogP contribution in [0.5, 0.6) is 0 Å². The Hall–Kier alpha value is -1.86. The average molecular weight is 474 g/mol. The Balaban J connectivity index is 0.000000336. The van der Waals surface area contributed by atoms with Gasteiger partial charge in [-0.15, -0.1) is 0 Å². The molecule has 0 amide bonds. The van der Waals surface area contributed by atoms with Crippen molar-refractivity contribution in [1.29, 1.82) is 0 Å². The van der Waals surface area contributed by atoms with E-state index in [1.54, 1.807) is 24.8 Å². The molecule has 0 radical (unpaired) electrons. The van der Waals surface area contributed by atoms with Gasteiger partial charge in [-0.25, -0.2) is 0 Å². The van der Waals surface area contributed by atoms with E-state index in [4.69, 9.17) is 3.50 Å². The van der Waals surface area contributed by atoms with Gasteiger partial charge in [0.15, 0.2) is 0 Å². The molecule has 1 aromatic carbocycles. The Morgan fingerprint density at radius 3 is 1.45 bits per heavy atom.